The highest BCUT2D eigenvalue weighted by Crippen LogP contribution is 2.43. The molecule has 1 heterocycles. The van der Waals surface area contributed by atoms with E-state index in [9.17, 15) is 20.0 Å². The zero-order chi connectivity index (χ0) is 23.5. The molecular formula is C25H23N3O5. The Hall–Kier alpha value is -4.33. The Morgan fingerprint density at radius 3 is 2.39 bits per heavy atom. The van der Waals surface area contributed by atoms with Gasteiger partial charge in [-0.1, -0.05) is 60.2 Å². The fourth-order valence-electron chi connectivity index (χ4n) is 3.88. The van der Waals surface area contributed by atoms with Crippen molar-refractivity contribution in [2.75, 3.05) is 6.61 Å². The SMILES string of the molecule is CCOc1cc(C2NC(=O)NC(c3ccc(C)cc3)=C2c2ccccc2)cc([N+](=O)[O-])c1O. The molecule has 3 N–H and O–H groups in total. The van der Waals surface area contributed by atoms with Gasteiger partial charge in [0, 0.05) is 11.6 Å². The Bertz CT molecular complexity index is 1240. The van der Waals surface area contributed by atoms with E-state index in [1.54, 1.807) is 6.92 Å². The van der Waals surface area contributed by atoms with Crippen molar-refractivity contribution in [2.24, 2.45) is 0 Å². The summed E-state index contributed by atoms with van der Waals surface area (Å²) in [4.78, 5) is 23.7. The lowest BCUT2D eigenvalue weighted by atomic mass is 9.87. The van der Waals surface area contributed by atoms with Gasteiger partial charge in [-0.2, -0.15) is 0 Å². The number of urea groups is 1. The van der Waals surface area contributed by atoms with Crippen LogP contribution in [0, 0.1) is 17.0 Å². The molecule has 8 nitrogen and oxygen atoms in total. The van der Waals surface area contributed by atoms with Gasteiger partial charge < -0.3 is 20.5 Å². The maximum absolute atomic E-state index is 12.7. The molecule has 3 aromatic carbocycles. The Balaban J connectivity index is 1.98. The van der Waals surface area contributed by atoms with Gasteiger partial charge in [-0.05, 0) is 36.6 Å². The summed E-state index contributed by atoms with van der Waals surface area (Å²) >= 11 is 0. The summed E-state index contributed by atoms with van der Waals surface area (Å²) in [6.07, 6.45) is 0. The number of carbonyl (C=O) groups is 1. The topological polar surface area (TPSA) is 114 Å². The highest BCUT2D eigenvalue weighted by atomic mass is 16.6. The number of hydrogen-bond acceptors (Lipinski definition) is 5. The smallest absolute Gasteiger partial charge is 0.320 e. The van der Waals surface area contributed by atoms with Crippen LogP contribution in [0.15, 0.2) is 66.7 Å². The van der Waals surface area contributed by atoms with Crippen LogP contribution in [0.1, 0.15) is 35.2 Å². The van der Waals surface area contributed by atoms with E-state index in [1.165, 1.54) is 12.1 Å². The molecule has 1 aliphatic heterocycles. The summed E-state index contributed by atoms with van der Waals surface area (Å²) in [5.74, 6) is -0.561. The molecule has 2 amide bonds. The Morgan fingerprint density at radius 1 is 1.06 bits per heavy atom. The van der Waals surface area contributed by atoms with E-state index in [0.717, 1.165) is 22.3 Å². The molecule has 33 heavy (non-hydrogen) atoms. The van der Waals surface area contributed by atoms with E-state index in [2.05, 4.69) is 10.6 Å². The molecule has 0 radical (unpaired) electrons. The third kappa shape index (κ3) is 4.36. The second-order valence-corrected chi connectivity index (χ2v) is 7.63. The largest absolute Gasteiger partial charge is 0.500 e. The van der Waals surface area contributed by atoms with Gasteiger partial charge in [-0.25, -0.2) is 4.79 Å². The van der Waals surface area contributed by atoms with E-state index in [4.69, 9.17) is 4.74 Å². The van der Waals surface area contributed by atoms with Gasteiger partial charge in [0.1, 0.15) is 0 Å². The lowest BCUT2D eigenvalue weighted by Gasteiger charge is -2.31. The Kier molecular flexibility index (Phi) is 5.99. The van der Waals surface area contributed by atoms with Gasteiger partial charge in [0.05, 0.1) is 23.3 Å². The number of nitrogens with zero attached hydrogens (tertiary/aromatic N) is 1. The van der Waals surface area contributed by atoms with Gasteiger partial charge in [0.25, 0.3) is 0 Å². The molecule has 8 heteroatoms. The number of rotatable bonds is 6. The third-order valence-electron chi connectivity index (χ3n) is 5.40. The number of amides is 2. The maximum atomic E-state index is 12.7. The minimum absolute atomic E-state index is 0.0150. The molecule has 3 aromatic rings. The number of nitrogens with one attached hydrogen (secondary N) is 2. The van der Waals surface area contributed by atoms with Crippen molar-refractivity contribution in [2.45, 2.75) is 19.9 Å². The number of ether oxygens (including phenoxy) is 1. The first-order chi connectivity index (χ1) is 15.9. The quantitative estimate of drug-likeness (QED) is 0.368. The summed E-state index contributed by atoms with van der Waals surface area (Å²) in [7, 11) is 0. The predicted octanol–water partition coefficient (Wildman–Crippen LogP) is 4.93. The van der Waals surface area contributed by atoms with Crippen molar-refractivity contribution in [3.8, 4) is 11.5 Å². The molecule has 0 saturated heterocycles. The van der Waals surface area contributed by atoms with Crippen LogP contribution in [-0.4, -0.2) is 22.7 Å². The average Bonchev–Trinajstić information content (AvgIpc) is 2.81. The lowest BCUT2D eigenvalue weighted by Crippen LogP contribution is -2.43. The van der Waals surface area contributed by atoms with Crippen LogP contribution >= 0.6 is 0 Å². The molecule has 0 saturated carbocycles. The molecule has 0 bridgehead atoms. The first kappa shape index (κ1) is 21.9. The van der Waals surface area contributed by atoms with E-state index in [-0.39, 0.29) is 12.4 Å². The van der Waals surface area contributed by atoms with Gasteiger partial charge in [-0.15, -0.1) is 0 Å². The normalized spacial score (nSPS) is 15.6. The number of nitro benzene ring substituents is 1. The van der Waals surface area contributed by atoms with Crippen molar-refractivity contribution in [1.29, 1.82) is 0 Å². The highest BCUT2D eigenvalue weighted by Gasteiger charge is 2.32. The van der Waals surface area contributed by atoms with E-state index in [0.29, 0.717) is 11.3 Å². The van der Waals surface area contributed by atoms with Crippen LogP contribution in [0.5, 0.6) is 11.5 Å². The standard InChI is InChI=1S/C25H23N3O5/c1-3-33-20-14-18(13-19(24(20)29)28(31)32)23-21(16-7-5-4-6-8-16)22(26-25(30)27-23)17-11-9-15(2)10-12-17/h4-14,23,29H,3H2,1-2H3,(H2,26,27,30). The summed E-state index contributed by atoms with van der Waals surface area (Å²) in [5, 5.41) is 27.7. The molecule has 0 fully saturated rings. The van der Waals surface area contributed by atoms with Crippen molar-refractivity contribution in [3.05, 3.63) is 99.1 Å². The van der Waals surface area contributed by atoms with Crippen LogP contribution < -0.4 is 15.4 Å². The van der Waals surface area contributed by atoms with Gasteiger partial charge in [0.15, 0.2) is 5.75 Å². The zero-order valence-electron chi connectivity index (χ0n) is 18.2. The van der Waals surface area contributed by atoms with Crippen LogP contribution in [0.3, 0.4) is 0 Å². The Labute approximate surface area is 190 Å². The maximum Gasteiger partial charge on any atom is 0.320 e. The number of carbonyl (C=O) groups excluding carboxylic acids is 1. The molecular weight excluding hydrogens is 422 g/mol. The number of hydrogen-bond donors (Lipinski definition) is 3. The average molecular weight is 445 g/mol. The van der Waals surface area contributed by atoms with E-state index >= 15 is 0 Å². The fourth-order valence-corrected chi connectivity index (χ4v) is 3.88. The van der Waals surface area contributed by atoms with Crippen molar-refractivity contribution in [1.82, 2.24) is 10.6 Å². The molecule has 0 aliphatic carbocycles. The van der Waals surface area contributed by atoms with Gasteiger partial charge >= 0.3 is 11.7 Å². The van der Waals surface area contributed by atoms with Gasteiger partial charge in [-0.3, -0.25) is 10.1 Å². The zero-order valence-corrected chi connectivity index (χ0v) is 18.2. The third-order valence-corrected chi connectivity index (χ3v) is 5.40. The number of phenols is 1. The van der Waals surface area contributed by atoms with Gasteiger partial charge in [0.2, 0.25) is 5.75 Å². The molecule has 168 valence electrons. The number of phenolic OH excluding ortho intramolecular Hbond substituents is 1. The molecule has 4 rings (SSSR count). The van der Waals surface area contributed by atoms with Crippen molar-refractivity contribution >= 4 is 23.0 Å². The number of benzene rings is 3. The van der Waals surface area contributed by atoms with Crippen molar-refractivity contribution < 1.29 is 19.6 Å². The lowest BCUT2D eigenvalue weighted by molar-refractivity contribution is -0.386. The predicted molar refractivity (Wildman–Crippen MR) is 125 cm³/mol. The summed E-state index contributed by atoms with van der Waals surface area (Å²) in [6.45, 7) is 3.91. The second kappa shape index (κ2) is 9.04. The first-order valence-electron chi connectivity index (χ1n) is 10.5. The van der Waals surface area contributed by atoms with Crippen LogP contribution in [0.2, 0.25) is 0 Å². The molecule has 0 aromatic heterocycles. The minimum atomic E-state index is -0.726. The summed E-state index contributed by atoms with van der Waals surface area (Å²) < 4.78 is 5.45. The number of nitro groups is 1. The fraction of sp³-hybridized carbons (Fsp3) is 0.160. The summed E-state index contributed by atoms with van der Waals surface area (Å²) in [5.41, 5.74) is 3.98. The number of aryl methyl sites for hydroxylation is 1. The second-order valence-electron chi connectivity index (χ2n) is 7.63. The van der Waals surface area contributed by atoms with Crippen LogP contribution in [-0.2, 0) is 0 Å². The number of aromatic hydroxyl groups is 1. The van der Waals surface area contributed by atoms with Crippen molar-refractivity contribution in [3.63, 3.8) is 0 Å². The molecule has 1 aliphatic rings. The van der Waals surface area contributed by atoms with Crippen LogP contribution in [0.25, 0.3) is 11.3 Å². The van der Waals surface area contributed by atoms with E-state index in [1.807, 2.05) is 61.5 Å². The summed E-state index contributed by atoms with van der Waals surface area (Å²) in [6, 6.07) is 18.8. The Morgan fingerprint density at radius 2 is 1.76 bits per heavy atom. The monoisotopic (exact) mass is 445 g/mol. The van der Waals surface area contributed by atoms with E-state index < -0.39 is 28.4 Å². The minimum Gasteiger partial charge on any atom is -0.500 e. The molecule has 1 unspecified atom stereocenters. The highest BCUT2D eigenvalue weighted by molar-refractivity contribution is 6.03. The first-order valence-corrected chi connectivity index (χ1v) is 10.5. The molecule has 1 atom stereocenters. The van der Waals surface area contributed by atoms with Crippen LogP contribution in [0.4, 0.5) is 10.5 Å². The molecule has 0 spiro atoms.